The molecule has 3 aromatic rings. The van der Waals surface area contributed by atoms with Crippen molar-refractivity contribution in [2.24, 2.45) is 0 Å². The molecule has 0 radical (unpaired) electrons. The molecule has 1 aromatic heterocycles. The van der Waals surface area contributed by atoms with Crippen molar-refractivity contribution < 1.29 is 9.53 Å². The minimum Gasteiger partial charge on any atom is -0.496 e. The summed E-state index contributed by atoms with van der Waals surface area (Å²) in [5.74, 6) is 1.94. The number of amides is 1. The second-order valence-corrected chi connectivity index (χ2v) is 5.59. The zero-order valence-electron chi connectivity index (χ0n) is 14.3. The van der Waals surface area contributed by atoms with Crippen LogP contribution in [0.5, 0.6) is 5.75 Å². The van der Waals surface area contributed by atoms with E-state index in [1.165, 1.54) is 0 Å². The monoisotopic (exact) mass is 336 g/mol. The van der Waals surface area contributed by atoms with Crippen LogP contribution in [-0.2, 0) is 17.9 Å². The molecule has 0 saturated carbocycles. The highest BCUT2D eigenvalue weighted by atomic mass is 16.5. The fraction of sp³-hybridized carbons (Fsp3) is 0.211. The van der Waals surface area contributed by atoms with Gasteiger partial charge in [-0.25, -0.2) is 9.67 Å². The molecule has 1 N–H and O–H groups in total. The Morgan fingerprint density at radius 1 is 1.12 bits per heavy atom. The summed E-state index contributed by atoms with van der Waals surface area (Å²) in [6.07, 6.45) is 0. The lowest BCUT2D eigenvalue weighted by Crippen LogP contribution is -2.28. The molecule has 1 heterocycles. The lowest BCUT2D eigenvalue weighted by atomic mass is 10.2. The minimum absolute atomic E-state index is 0.111. The molecule has 6 nitrogen and oxygen atoms in total. The molecular formula is C19H20N4O2. The maximum atomic E-state index is 12.3. The summed E-state index contributed by atoms with van der Waals surface area (Å²) < 4.78 is 6.92. The van der Waals surface area contributed by atoms with Crippen molar-refractivity contribution in [1.29, 1.82) is 0 Å². The second-order valence-electron chi connectivity index (χ2n) is 5.59. The molecule has 2 aromatic carbocycles. The summed E-state index contributed by atoms with van der Waals surface area (Å²) in [5.41, 5.74) is 1.86. The van der Waals surface area contributed by atoms with E-state index in [2.05, 4.69) is 15.4 Å². The third-order valence-electron chi connectivity index (χ3n) is 3.77. The van der Waals surface area contributed by atoms with Crippen molar-refractivity contribution in [3.05, 3.63) is 66.0 Å². The van der Waals surface area contributed by atoms with Gasteiger partial charge in [-0.3, -0.25) is 4.79 Å². The quantitative estimate of drug-likeness (QED) is 0.751. The molecule has 0 aliphatic heterocycles. The Morgan fingerprint density at radius 2 is 1.84 bits per heavy atom. The first kappa shape index (κ1) is 16.7. The molecule has 0 saturated heterocycles. The van der Waals surface area contributed by atoms with Crippen LogP contribution in [0.4, 0.5) is 0 Å². The van der Waals surface area contributed by atoms with E-state index in [0.29, 0.717) is 18.2 Å². The van der Waals surface area contributed by atoms with Crippen molar-refractivity contribution in [1.82, 2.24) is 20.1 Å². The number of aromatic nitrogens is 3. The molecule has 0 aliphatic carbocycles. The SMILES string of the molecule is COc1ccccc1CNC(=O)Cn1nc(C)nc1-c1ccccc1. The molecule has 128 valence electrons. The maximum Gasteiger partial charge on any atom is 0.242 e. The number of nitrogens with zero attached hydrogens (tertiary/aromatic N) is 3. The van der Waals surface area contributed by atoms with E-state index in [1.54, 1.807) is 11.8 Å². The van der Waals surface area contributed by atoms with Crippen molar-refractivity contribution in [3.8, 4) is 17.1 Å². The molecule has 6 heteroatoms. The Morgan fingerprint density at radius 3 is 2.60 bits per heavy atom. The molecule has 0 fully saturated rings. The van der Waals surface area contributed by atoms with Gasteiger partial charge in [0, 0.05) is 17.7 Å². The van der Waals surface area contributed by atoms with Crippen molar-refractivity contribution >= 4 is 5.91 Å². The van der Waals surface area contributed by atoms with Crippen molar-refractivity contribution in [2.75, 3.05) is 7.11 Å². The third kappa shape index (κ3) is 4.03. The lowest BCUT2D eigenvalue weighted by molar-refractivity contribution is -0.122. The average Bonchev–Trinajstić information content (AvgIpc) is 3.01. The third-order valence-corrected chi connectivity index (χ3v) is 3.77. The standard InChI is InChI=1S/C19H20N4O2/c1-14-21-19(15-8-4-3-5-9-15)23(22-14)13-18(24)20-12-16-10-6-7-11-17(16)25-2/h3-11H,12-13H2,1-2H3,(H,20,24). The van der Waals surface area contributed by atoms with Gasteiger partial charge < -0.3 is 10.1 Å². The lowest BCUT2D eigenvalue weighted by Gasteiger charge is -2.10. The van der Waals surface area contributed by atoms with Crippen LogP contribution in [0, 0.1) is 6.92 Å². The van der Waals surface area contributed by atoms with Gasteiger partial charge in [0.25, 0.3) is 0 Å². The van der Waals surface area contributed by atoms with Crippen molar-refractivity contribution in [2.45, 2.75) is 20.0 Å². The van der Waals surface area contributed by atoms with Gasteiger partial charge in [-0.1, -0.05) is 48.5 Å². The number of hydrogen-bond donors (Lipinski definition) is 1. The second kappa shape index (κ2) is 7.61. The van der Waals surface area contributed by atoms with Crippen LogP contribution in [0.3, 0.4) is 0 Å². The van der Waals surface area contributed by atoms with Crippen LogP contribution in [-0.4, -0.2) is 27.8 Å². The first-order valence-electron chi connectivity index (χ1n) is 8.03. The Kier molecular flexibility index (Phi) is 5.09. The van der Waals surface area contributed by atoms with Gasteiger partial charge >= 0.3 is 0 Å². The molecule has 3 rings (SSSR count). The zero-order valence-corrected chi connectivity index (χ0v) is 14.3. The predicted octanol–water partition coefficient (Wildman–Crippen LogP) is 2.58. The minimum atomic E-state index is -0.131. The van der Waals surface area contributed by atoms with Crippen molar-refractivity contribution in [3.63, 3.8) is 0 Å². The molecular weight excluding hydrogens is 316 g/mol. The van der Waals surface area contributed by atoms with Gasteiger partial charge in [0.1, 0.15) is 18.1 Å². The Labute approximate surface area is 146 Å². The number of carbonyl (C=O) groups excluding carboxylic acids is 1. The van der Waals surface area contributed by atoms with Gasteiger partial charge in [0.15, 0.2) is 5.82 Å². The predicted molar refractivity (Wildman–Crippen MR) is 95.0 cm³/mol. The number of methoxy groups -OCH3 is 1. The maximum absolute atomic E-state index is 12.3. The Bertz CT molecular complexity index is 859. The number of ether oxygens (including phenoxy) is 1. The van der Waals surface area contributed by atoms with E-state index in [4.69, 9.17) is 4.74 Å². The molecule has 0 atom stereocenters. The van der Waals surface area contributed by atoms with Crippen LogP contribution < -0.4 is 10.1 Å². The Balaban J connectivity index is 1.70. The van der Waals surface area contributed by atoms with Crippen LogP contribution in [0.2, 0.25) is 0 Å². The van der Waals surface area contributed by atoms with E-state index < -0.39 is 0 Å². The van der Waals surface area contributed by atoms with E-state index in [-0.39, 0.29) is 12.5 Å². The molecule has 1 amide bonds. The number of rotatable bonds is 6. The number of nitrogens with one attached hydrogen (secondary N) is 1. The highest BCUT2D eigenvalue weighted by Gasteiger charge is 2.13. The van der Waals surface area contributed by atoms with Gasteiger partial charge in [0.2, 0.25) is 5.91 Å². The number of benzene rings is 2. The van der Waals surface area contributed by atoms with E-state index in [0.717, 1.165) is 16.9 Å². The normalized spacial score (nSPS) is 10.5. The summed E-state index contributed by atoms with van der Waals surface area (Å²) in [5, 5.41) is 7.24. The number of hydrogen-bond acceptors (Lipinski definition) is 4. The average molecular weight is 336 g/mol. The van der Waals surface area contributed by atoms with Gasteiger partial charge in [-0.15, -0.1) is 0 Å². The number of carbonyl (C=O) groups is 1. The highest BCUT2D eigenvalue weighted by Crippen LogP contribution is 2.18. The van der Waals surface area contributed by atoms with Crippen LogP contribution in [0.25, 0.3) is 11.4 Å². The first-order valence-corrected chi connectivity index (χ1v) is 8.03. The topological polar surface area (TPSA) is 69.0 Å². The molecule has 0 unspecified atom stereocenters. The summed E-state index contributed by atoms with van der Waals surface area (Å²) in [6, 6.07) is 17.3. The van der Waals surface area contributed by atoms with E-state index in [1.807, 2.05) is 61.5 Å². The van der Waals surface area contributed by atoms with Gasteiger partial charge in [-0.2, -0.15) is 5.10 Å². The fourth-order valence-electron chi connectivity index (χ4n) is 2.60. The summed E-state index contributed by atoms with van der Waals surface area (Å²) in [7, 11) is 1.62. The summed E-state index contributed by atoms with van der Waals surface area (Å²) >= 11 is 0. The molecule has 25 heavy (non-hydrogen) atoms. The van der Waals surface area contributed by atoms with E-state index >= 15 is 0 Å². The molecule has 0 spiro atoms. The molecule has 0 bridgehead atoms. The summed E-state index contributed by atoms with van der Waals surface area (Å²) in [4.78, 5) is 16.8. The number of para-hydroxylation sites is 1. The van der Waals surface area contributed by atoms with E-state index in [9.17, 15) is 4.79 Å². The van der Waals surface area contributed by atoms with Gasteiger partial charge in [-0.05, 0) is 13.0 Å². The largest absolute Gasteiger partial charge is 0.496 e. The van der Waals surface area contributed by atoms with Crippen LogP contribution >= 0.6 is 0 Å². The molecule has 0 aliphatic rings. The van der Waals surface area contributed by atoms with Gasteiger partial charge in [0.05, 0.1) is 7.11 Å². The van der Waals surface area contributed by atoms with Crippen LogP contribution in [0.15, 0.2) is 54.6 Å². The zero-order chi connectivity index (χ0) is 17.6. The Hall–Kier alpha value is -3.15. The first-order chi connectivity index (χ1) is 12.2. The highest BCUT2D eigenvalue weighted by molar-refractivity contribution is 5.76. The smallest absolute Gasteiger partial charge is 0.242 e. The summed E-state index contributed by atoms with van der Waals surface area (Å²) in [6.45, 7) is 2.33. The fourth-order valence-corrected chi connectivity index (χ4v) is 2.60. The number of aryl methyl sites for hydroxylation is 1. The van der Waals surface area contributed by atoms with Crippen LogP contribution in [0.1, 0.15) is 11.4 Å².